The summed E-state index contributed by atoms with van der Waals surface area (Å²) in [6, 6.07) is 6.12. The van der Waals surface area contributed by atoms with Crippen LogP contribution in [0.25, 0.3) is 10.9 Å². The third-order valence-corrected chi connectivity index (χ3v) is 8.40. The van der Waals surface area contributed by atoms with Gasteiger partial charge in [0, 0.05) is 32.2 Å². The molecule has 32 heavy (non-hydrogen) atoms. The van der Waals surface area contributed by atoms with E-state index in [1.165, 1.54) is 0 Å². The molecule has 2 aliphatic heterocycles. The first kappa shape index (κ1) is 23.0. The van der Waals surface area contributed by atoms with Gasteiger partial charge < -0.3 is 14.4 Å². The van der Waals surface area contributed by atoms with Gasteiger partial charge >= 0.3 is 6.01 Å². The van der Waals surface area contributed by atoms with Gasteiger partial charge in [-0.25, -0.2) is 0 Å². The molecule has 10 heteroatoms. The standard InChI is InChI=1S/C22H33N5O4S/c1-15(14-27-13-8-16(2)25-32(27,28)29)17-9-11-26(12-10-17)21-20-18(23-22(24-21)31-4)6-5-7-19(20)30-3/h5-7,15-17,25H,8-14H2,1-4H3. The number of aromatic nitrogens is 2. The molecule has 0 saturated carbocycles. The van der Waals surface area contributed by atoms with Crippen LogP contribution in [0.3, 0.4) is 0 Å². The van der Waals surface area contributed by atoms with Crippen molar-refractivity contribution >= 4 is 26.9 Å². The van der Waals surface area contributed by atoms with E-state index >= 15 is 0 Å². The number of methoxy groups -OCH3 is 2. The number of nitrogens with zero attached hydrogens (tertiary/aromatic N) is 4. The van der Waals surface area contributed by atoms with E-state index in [0.717, 1.165) is 54.8 Å². The molecule has 2 saturated heterocycles. The topological polar surface area (TPSA) is 96.9 Å². The Labute approximate surface area is 190 Å². The molecule has 2 fully saturated rings. The van der Waals surface area contributed by atoms with Gasteiger partial charge in [-0.05, 0) is 50.2 Å². The van der Waals surface area contributed by atoms with Gasteiger partial charge in [0.15, 0.2) is 0 Å². The molecule has 0 bridgehead atoms. The van der Waals surface area contributed by atoms with Crippen LogP contribution in [0.15, 0.2) is 18.2 Å². The molecule has 1 aromatic carbocycles. The van der Waals surface area contributed by atoms with E-state index in [4.69, 9.17) is 9.47 Å². The number of hydrogen-bond acceptors (Lipinski definition) is 7. The van der Waals surface area contributed by atoms with Crippen LogP contribution >= 0.6 is 0 Å². The Morgan fingerprint density at radius 2 is 1.88 bits per heavy atom. The van der Waals surface area contributed by atoms with Gasteiger partial charge in [-0.2, -0.15) is 27.4 Å². The summed E-state index contributed by atoms with van der Waals surface area (Å²) in [6.07, 6.45) is 2.79. The molecule has 9 nitrogen and oxygen atoms in total. The average molecular weight is 464 g/mol. The van der Waals surface area contributed by atoms with Crippen molar-refractivity contribution in [1.82, 2.24) is 19.0 Å². The first-order chi connectivity index (χ1) is 15.3. The van der Waals surface area contributed by atoms with Crippen molar-refractivity contribution < 1.29 is 17.9 Å². The Hall–Kier alpha value is -2.17. The van der Waals surface area contributed by atoms with Gasteiger partial charge in [0.05, 0.1) is 25.1 Å². The maximum atomic E-state index is 12.5. The second kappa shape index (κ2) is 9.36. The van der Waals surface area contributed by atoms with Crippen molar-refractivity contribution in [3.63, 3.8) is 0 Å². The van der Waals surface area contributed by atoms with Crippen LogP contribution in [-0.2, 0) is 10.2 Å². The van der Waals surface area contributed by atoms with Crippen LogP contribution in [0.1, 0.15) is 33.1 Å². The lowest BCUT2D eigenvalue weighted by Gasteiger charge is -2.38. The number of ether oxygens (including phenoxy) is 2. The molecule has 2 atom stereocenters. The van der Waals surface area contributed by atoms with Crippen molar-refractivity contribution in [2.75, 3.05) is 45.3 Å². The quantitative estimate of drug-likeness (QED) is 0.703. The van der Waals surface area contributed by atoms with Crippen molar-refractivity contribution in [2.45, 2.75) is 39.2 Å². The summed E-state index contributed by atoms with van der Waals surface area (Å²) in [5.41, 5.74) is 0.790. The molecule has 2 unspecified atom stereocenters. The molecule has 0 amide bonds. The van der Waals surface area contributed by atoms with E-state index < -0.39 is 10.2 Å². The Morgan fingerprint density at radius 3 is 2.53 bits per heavy atom. The first-order valence-electron chi connectivity index (χ1n) is 11.2. The number of rotatable bonds is 6. The zero-order valence-electron chi connectivity index (χ0n) is 19.2. The number of nitrogens with one attached hydrogen (secondary N) is 1. The highest BCUT2D eigenvalue weighted by molar-refractivity contribution is 7.87. The summed E-state index contributed by atoms with van der Waals surface area (Å²) in [6.45, 7) is 6.90. The highest BCUT2D eigenvalue weighted by atomic mass is 32.2. The minimum atomic E-state index is -3.37. The van der Waals surface area contributed by atoms with Crippen molar-refractivity contribution in [3.8, 4) is 11.8 Å². The summed E-state index contributed by atoms with van der Waals surface area (Å²) in [5.74, 6) is 2.31. The number of piperidine rings is 1. The molecule has 1 N–H and O–H groups in total. The first-order valence-corrected chi connectivity index (χ1v) is 12.7. The Balaban J connectivity index is 1.47. The van der Waals surface area contributed by atoms with Crippen LogP contribution in [0.5, 0.6) is 11.8 Å². The SMILES string of the molecule is COc1nc(N2CCC(C(C)CN3CCC(C)NS3(=O)=O)CC2)c2c(OC)cccc2n1. The van der Waals surface area contributed by atoms with Gasteiger partial charge in [0.2, 0.25) is 0 Å². The van der Waals surface area contributed by atoms with Crippen molar-refractivity contribution in [2.24, 2.45) is 11.8 Å². The van der Waals surface area contributed by atoms with Crippen LogP contribution in [0.4, 0.5) is 5.82 Å². The van der Waals surface area contributed by atoms with Gasteiger partial charge in [-0.3, -0.25) is 0 Å². The highest BCUT2D eigenvalue weighted by Gasteiger charge is 2.33. The molecule has 4 rings (SSSR count). The van der Waals surface area contributed by atoms with Gasteiger partial charge in [0.1, 0.15) is 11.6 Å². The molecule has 176 valence electrons. The van der Waals surface area contributed by atoms with Crippen LogP contribution in [0.2, 0.25) is 0 Å². The fourth-order valence-corrected chi connectivity index (χ4v) is 6.34. The molecular formula is C22H33N5O4S. The second-order valence-corrected chi connectivity index (χ2v) is 10.6. The lowest BCUT2D eigenvalue weighted by molar-refractivity contribution is 0.230. The van der Waals surface area contributed by atoms with Crippen LogP contribution in [0, 0.1) is 11.8 Å². The summed E-state index contributed by atoms with van der Waals surface area (Å²) < 4.78 is 40.2. The lowest BCUT2D eigenvalue weighted by atomic mass is 9.85. The highest BCUT2D eigenvalue weighted by Crippen LogP contribution is 2.36. The predicted molar refractivity (Wildman–Crippen MR) is 124 cm³/mol. The molecule has 3 heterocycles. The largest absolute Gasteiger partial charge is 0.496 e. The number of fused-ring (bicyclic) bond motifs is 1. The maximum Gasteiger partial charge on any atom is 0.318 e. The summed E-state index contributed by atoms with van der Waals surface area (Å²) in [7, 11) is -0.145. The fourth-order valence-electron chi connectivity index (χ4n) is 4.79. The minimum absolute atomic E-state index is 0.00598. The Kier molecular flexibility index (Phi) is 6.73. The average Bonchev–Trinajstić information content (AvgIpc) is 2.79. The Morgan fingerprint density at radius 1 is 1.12 bits per heavy atom. The summed E-state index contributed by atoms with van der Waals surface area (Å²) >= 11 is 0. The van der Waals surface area contributed by atoms with Crippen LogP contribution < -0.4 is 19.1 Å². The van der Waals surface area contributed by atoms with Crippen molar-refractivity contribution in [1.29, 1.82) is 0 Å². The molecule has 0 spiro atoms. The molecular weight excluding hydrogens is 430 g/mol. The second-order valence-electron chi connectivity index (χ2n) is 8.86. The molecule has 0 aliphatic carbocycles. The van der Waals surface area contributed by atoms with Gasteiger partial charge in [0.25, 0.3) is 10.2 Å². The molecule has 2 aromatic rings. The van der Waals surface area contributed by atoms with E-state index in [1.807, 2.05) is 25.1 Å². The predicted octanol–water partition coefficient (Wildman–Crippen LogP) is 2.43. The molecule has 2 aliphatic rings. The van der Waals surface area contributed by atoms with Crippen molar-refractivity contribution in [3.05, 3.63) is 18.2 Å². The van der Waals surface area contributed by atoms with E-state index in [2.05, 4.69) is 26.5 Å². The van der Waals surface area contributed by atoms with Gasteiger partial charge in [-0.1, -0.05) is 13.0 Å². The minimum Gasteiger partial charge on any atom is -0.496 e. The zero-order valence-corrected chi connectivity index (χ0v) is 20.1. The third kappa shape index (κ3) is 4.62. The number of hydrogen-bond donors (Lipinski definition) is 1. The van der Waals surface area contributed by atoms with Gasteiger partial charge in [-0.15, -0.1) is 0 Å². The van der Waals surface area contributed by atoms with E-state index in [-0.39, 0.29) is 12.0 Å². The van der Waals surface area contributed by atoms with E-state index in [0.29, 0.717) is 25.0 Å². The molecule has 1 aromatic heterocycles. The summed E-state index contributed by atoms with van der Waals surface area (Å²) in [5, 5.41) is 0.891. The number of benzene rings is 1. The van der Waals surface area contributed by atoms with E-state index in [9.17, 15) is 8.42 Å². The normalized spacial score (nSPS) is 23.2. The third-order valence-electron chi connectivity index (χ3n) is 6.69. The monoisotopic (exact) mass is 463 g/mol. The fraction of sp³-hybridized carbons (Fsp3) is 0.636. The molecule has 0 radical (unpaired) electrons. The number of anilines is 1. The maximum absolute atomic E-state index is 12.5. The zero-order chi connectivity index (χ0) is 22.9. The smallest absolute Gasteiger partial charge is 0.318 e. The van der Waals surface area contributed by atoms with Crippen LogP contribution in [-0.4, -0.2) is 69.1 Å². The lowest BCUT2D eigenvalue weighted by Crippen LogP contribution is -2.52. The van der Waals surface area contributed by atoms with E-state index in [1.54, 1.807) is 18.5 Å². The Bertz CT molecular complexity index is 1060. The summed E-state index contributed by atoms with van der Waals surface area (Å²) in [4.78, 5) is 11.4.